The van der Waals surface area contributed by atoms with E-state index < -0.39 is 27.9 Å². The maximum Gasteiger partial charge on any atom is 0.251 e. The predicted octanol–water partition coefficient (Wildman–Crippen LogP) is 4.31. The molecule has 6 rings (SSSR count). The van der Waals surface area contributed by atoms with Gasteiger partial charge in [0.25, 0.3) is 5.92 Å². The molecule has 1 spiro atoms. The minimum absolute atomic E-state index is 0.191. The van der Waals surface area contributed by atoms with E-state index in [1.165, 1.54) is 24.2 Å². The van der Waals surface area contributed by atoms with E-state index in [1.54, 1.807) is 29.1 Å². The standard InChI is InChI=1S/C25H30F3N7O2S2/c26-14-22(39(29,36)37)17-1-2-20(21(13-17)33-9-5-24(3-4-24)6-10-33)35-15-18(31-32-35)19-16-38-23(30-19)34-11-7-25(27,28)8-12-34/h1-2,13,15-16,22H,3-12,14H2,(H2,29,36,37). The van der Waals surface area contributed by atoms with Crippen molar-refractivity contribution in [3.63, 3.8) is 0 Å². The van der Waals surface area contributed by atoms with Crippen molar-refractivity contribution in [1.82, 2.24) is 20.0 Å². The van der Waals surface area contributed by atoms with Crippen LogP contribution in [0.15, 0.2) is 29.8 Å². The summed E-state index contributed by atoms with van der Waals surface area (Å²) >= 11 is 1.38. The first-order valence-electron chi connectivity index (χ1n) is 13.0. The Morgan fingerprint density at radius 2 is 1.67 bits per heavy atom. The van der Waals surface area contributed by atoms with Gasteiger partial charge in [0.1, 0.15) is 23.3 Å². The van der Waals surface area contributed by atoms with Gasteiger partial charge < -0.3 is 9.80 Å². The average Bonchev–Trinajstić information content (AvgIpc) is 3.28. The number of rotatable bonds is 7. The van der Waals surface area contributed by atoms with E-state index in [2.05, 4.69) is 20.2 Å². The Hall–Kier alpha value is -2.71. The van der Waals surface area contributed by atoms with Gasteiger partial charge in [0.2, 0.25) is 10.0 Å². The third kappa shape index (κ3) is 5.38. The van der Waals surface area contributed by atoms with Crippen molar-refractivity contribution in [2.24, 2.45) is 10.6 Å². The molecule has 1 atom stereocenters. The first-order valence-corrected chi connectivity index (χ1v) is 15.5. The van der Waals surface area contributed by atoms with Crippen LogP contribution in [-0.4, -0.2) is 67.2 Å². The Bertz CT molecular complexity index is 1450. The fourth-order valence-corrected chi connectivity index (χ4v) is 7.08. The molecule has 0 radical (unpaired) electrons. The van der Waals surface area contributed by atoms with Crippen molar-refractivity contribution in [2.75, 3.05) is 42.7 Å². The molecule has 3 aliphatic rings. The van der Waals surface area contributed by atoms with Gasteiger partial charge in [0.05, 0.1) is 17.6 Å². The van der Waals surface area contributed by atoms with Crippen molar-refractivity contribution in [1.29, 1.82) is 0 Å². The van der Waals surface area contributed by atoms with E-state index in [9.17, 15) is 21.6 Å². The van der Waals surface area contributed by atoms with Crippen LogP contribution in [0.4, 0.5) is 24.0 Å². The molecule has 3 fully saturated rings. The third-order valence-corrected chi connectivity index (χ3v) is 10.4. The van der Waals surface area contributed by atoms with Crippen LogP contribution >= 0.6 is 11.3 Å². The van der Waals surface area contributed by atoms with Crippen molar-refractivity contribution < 1.29 is 21.6 Å². The smallest absolute Gasteiger partial charge is 0.251 e. The van der Waals surface area contributed by atoms with Gasteiger partial charge in [-0.25, -0.2) is 36.4 Å². The van der Waals surface area contributed by atoms with Crippen LogP contribution in [0.3, 0.4) is 0 Å². The molecule has 4 heterocycles. The van der Waals surface area contributed by atoms with Crippen molar-refractivity contribution in [2.45, 2.75) is 49.7 Å². The number of piperidine rings is 2. The van der Waals surface area contributed by atoms with E-state index in [0.29, 0.717) is 33.2 Å². The number of benzene rings is 1. The number of hydrogen-bond acceptors (Lipinski definition) is 8. The molecule has 0 bridgehead atoms. The maximum atomic E-state index is 13.8. The number of alkyl halides is 3. The van der Waals surface area contributed by atoms with E-state index >= 15 is 0 Å². The summed E-state index contributed by atoms with van der Waals surface area (Å²) in [4.78, 5) is 8.67. The summed E-state index contributed by atoms with van der Waals surface area (Å²) in [6.45, 7) is 0.987. The summed E-state index contributed by atoms with van der Waals surface area (Å²) in [7, 11) is -4.13. The van der Waals surface area contributed by atoms with Crippen LogP contribution in [-0.2, 0) is 10.0 Å². The first kappa shape index (κ1) is 26.5. The second-order valence-electron chi connectivity index (χ2n) is 10.9. The van der Waals surface area contributed by atoms with Gasteiger partial charge in [-0.05, 0) is 48.8 Å². The number of nitrogens with two attached hydrogens (primary N) is 1. The molecular weight excluding hydrogens is 551 g/mol. The van der Waals surface area contributed by atoms with Gasteiger partial charge in [-0.15, -0.1) is 16.4 Å². The number of nitrogens with zero attached hydrogens (tertiary/aromatic N) is 6. The Balaban J connectivity index is 1.29. The SMILES string of the molecule is NS(=O)(=O)C(CF)c1ccc(-n2cc(-c3csc(N4CCC(F)(F)CC4)n3)nn2)c(N2CCC3(CC2)CC3)c1. The number of hydrogen-bond donors (Lipinski definition) is 1. The molecule has 2 saturated heterocycles. The molecule has 2 N–H and O–H groups in total. The normalized spacial score (nSPS) is 21.3. The summed E-state index contributed by atoms with van der Waals surface area (Å²) in [6, 6.07) is 4.98. The van der Waals surface area contributed by atoms with Crippen LogP contribution < -0.4 is 14.9 Å². The van der Waals surface area contributed by atoms with E-state index in [1.807, 2.05) is 10.3 Å². The van der Waals surface area contributed by atoms with E-state index in [4.69, 9.17) is 5.14 Å². The Kier molecular flexibility index (Phi) is 6.62. The lowest BCUT2D eigenvalue weighted by molar-refractivity contribution is -0.0220. The fraction of sp³-hybridized carbons (Fsp3) is 0.560. The molecular formula is C25H30F3N7O2S2. The molecule has 39 heavy (non-hydrogen) atoms. The Labute approximate surface area is 228 Å². The highest BCUT2D eigenvalue weighted by molar-refractivity contribution is 7.89. The molecule has 210 valence electrons. The summed E-state index contributed by atoms with van der Waals surface area (Å²) < 4.78 is 66.6. The van der Waals surface area contributed by atoms with Gasteiger partial charge in [0.15, 0.2) is 5.13 Å². The molecule has 14 heteroatoms. The zero-order valence-corrected chi connectivity index (χ0v) is 22.9. The van der Waals surface area contributed by atoms with Crippen LogP contribution in [0, 0.1) is 5.41 Å². The monoisotopic (exact) mass is 581 g/mol. The minimum Gasteiger partial charge on any atom is -0.370 e. The lowest BCUT2D eigenvalue weighted by Gasteiger charge is -2.35. The van der Waals surface area contributed by atoms with Crippen LogP contribution in [0.1, 0.15) is 49.3 Å². The zero-order valence-electron chi connectivity index (χ0n) is 21.3. The second kappa shape index (κ2) is 9.73. The summed E-state index contributed by atoms with van der Waals surface area (Å²) in [5.41, 5.74) is 3.28. The highest BCUT2D eigenvalue weighted by atomic mass is 32.2. The van der Waals surface area contributed by atoms with Gasteiger partial charge >= 0.3 is 0 Å². The molecule has 0 amide bonds. The predicted molar refractivity (Wildman–Crippen MR) is 144 cm³/mol. The molecule has 2 aliphatic heterocycles. The average molecular weight is 582 g/mol. The summed E-state index contributed by atoms with van der Waals surface area (Å²) in [5.74, 6) is -2.63. The first-order chi connectivity index (χ1) is 18.6. The molecule has 1 unspecified atom stereocenters. The molecule has 1 saturated carbocycles. The number of halogens is 3. The van der Waals surface area contributed by atoms with Crippen LogP contribution in [0.5, 0.6) is 0 Å². The van der Waals surface area contributed by atoms with Crippen LogP contribution in [0.2, 0.25) is 0 Å². The zero-order chi connectivity index (χ0) is 27.4. The van der Waals surface area contributed by atoms with Crippen molar-refractivity contribution in [3.8, 4) is 17.1 Å². The van der Waals surface area contributed by atoms with Gasteiger partial charge in [-0.3, -0.25) is 0 Å². The van der Waals surface area contributed by atoms with E-state index in [-0.39, 0.29) is 25.9 Å². The van der Waals surface area contributed by atoms with Gasteiger partial charge in [0, 0.05) is 44.4 Å². The number of sulfonamides is 1. The highest BCUT2D eigenvalue weighted by Gasteiger charge is 2.44. The third-order valence-electron chi connectivity index (χ3n) is 8.29. The molecule has 9 nitrogen and oxygen atoms in total. The quantitative estimate of drug-likeness (QED) is 0.443. The largest absolute Gasteiger partial charge is 0.370 e. The van der Waals surface area contributed by atoms with Crippen molar-refractivity contribution >= 4 is 32.2 Å². The maximum absolute atomic E-state index is 13.8. The molecule has 2 aromatic heterocycles. The number of primary sulfonamides is 1. The Morgan fingerprint density at radius 3 is 2.31 bits per heavy atom. The van der Waals surface area contributed by atoms with Crippen molar-refractivity contribution in [3.05, 3.63) is 35.3 Å². The number of anilines is 2. The molecule has 1 aromatic carbocycles. The topological polar surface area (TPSA) is 110 Å². The summed E-state index contributed by atoms with van der Waals surface area (Å²) in [6.07, 6.45) is 5.93. The number of aromatic nitrogens is 4. The fourth-order valence-electron chi connectivity index (χ4n) is 5.50. The molecule has 3 aromatic rings. The second-order valence-corrected chi connectivity index (χ2v) is 13.5. The lowest BCUT2D eigenvalue weighted by Crippen LogP contribution is -2.39. The minimum atomic E-state index is -4.13. The summed E-state index contributed by atoms with van der Waals surface area (Å²) in [5, 5.41) is 15.0. The van der Waals surface area contributed by atoms with E-state index in [0.717, 1.165) is 31.6 Å². The Morgan fingerprint density at radius 1 is 0.974 bits per heavy atom. The highest BCUT2D eigenvalue weighted by Crippen LogP contribution is 2.54. The lowest BCUT2D eigenvalue weighted by atomic mass is 9.93. The van der Waals surface area contributed by atoms with Gasteiger partial charge in [-0.2, -0.15) is 0 Å². The number of thiazole rings is 1. The van der Waals surface area contributed by atoms with Gasteiger partial charge in [-0.1, -0.05) is 11.3 Å². The molecule has 1 aliphatic carbocycles. The van der Waals surface area contributed by atoms with Crippen LogP contribution in [0.25, 0.3) is 17.1 Å².